The number of fused-ring (bicyclic) bond motifs is 1. The van der Waals surface area contributed by atoms with Gasteiger partial charge in [0, 0.05) is 34.8 Å². The molecule has 4 aromatic rings. The van der Waals surface area contributed by atoms with Crippen LogP contribution in [0.5, 0.6) is 5.75 Å². The number of H-pyrrole nitrogens is 1. The van der Waals surface area contributed by atoms with E-state index in [1.165, 1.54) is 19.3 Å². The Morgan fingerprint density at radius 1 is 1.15 bits per heavy atom. The van der Waals surface area contributed by atoms with Gasteiger partial charge in [0.2, 0.25) is 0 Å². The molecule has 2 aromatic carbocycles. The Balaban J connectivity index is 1.47. The highest BCUT2D eigenvalue weighted by Crippen LogP contribution is 2.45. The van der Waals surface area contributed by atoms with Gasteiger partial charge < -0.3 is 25.3 Å². The molecule has 0 radical (unpaired) electrons. The fourth-order valence-corrected chi connectivity index (χ4v) is 4.77. The monoisotopic (exact) mass is 458 g/mol. The van der Waals surface area contributed by atoms with Crippen LogP contribution in [0.2, 0.25) is 0 Å². The quantitative estimate of drug-likeness (QED) is 0.242. The molecule has 0 amide bonds. The maximum absolute atomic E-state index is 6.76. The summed E-state index contributed by atoms with van der Waals surface area (Å²) in [7, 11) is 0. The van der Waals surface area contributed by atoms with E-state index in [0.717, 1.165) is 45.0 Å². The first-order valence-corrected chi connectivity index (χ1v) is 12.2. The van der Waals surface area contributed by atoms with E-state index in [4.69, 9.17) is 10.5 Å². The number of aromatic amines is 1. The zero-order chi connectivity index (χ0) is 23.7. The highest BCUT2D eigenvalue weighted by atomic mass is 16.5. The molecule has 0 bridgehead atoms. The van der Waals surface area contributed by atoms with E-state index in [1.807, 2.05) is 6.07 Å². The van der Waals surface area contributed by atoms with Crippen LogP contribution in [-0.2, 0) is 6.61 Å². The van der Waals surface area contributed by atoms with E-state index in [-0.39, 0.29) is 6.17 Å². The number of hydrogen-bond donors (Lipinski definition) is 4. The molecule has 1 unspecified atom stereocenters. The number of benzene rings is 2. The number of aromatic nitrogens is 3. The molecule has 5 N–H and O–H groups in total. The summed E-state index contributed by atoms with van der Waals surface area (Å²) in [6.45, 7) is 6.89. The predicted molar refractivity (Wildman–Crippen MR) is 139 cm³/mol. The molecule has 0 saturated heterocycles. The third kappa shape index (κ3) is 4.48. The van der Waals surface area contributed by atoms with Crippen LogP contribution >= 0.6 is 0 Å². The molecule has 1 saturated carbocycles. The first-order valence-electron chi connectivity index (χ1n) is 12.2. The molecular weight excluding hydrogens is 424 g/mol. The van der Waals surface area contributed by atoms with Gasteiger partial charge in [-0.3, -0.25) is 5.32 Å². The Morgan fingerprint density at radius 2 is 1.94 bits per heavy atom. The Kier molecular flexibility index (Phi) is 6.20. The number of imidazole rings is 1. The van der Waals surface area contributed by atoms with Gasteiger partial charge in [-0.25, -0.2) is 4.98 Å². The Hall–Kier alpha value is -3.45. The number of nitrogens with two attached hydrogens (primary N) is 1. The van der Waals surface area contributed by atoms with Gasteiger partial charge in [-0.15, -0.1) is 0 Å². The number of rotatable bonds is 9. The molecular formula is C27H34N6O. The first-order chi connectivity index (χ1) is 16.5. The lowest BCUT2D eigenvalue weighted by molar-refractivity contribution is 0.301. The van der Waals surface area contributed by atoms with Gasteiger partial charge in [0.25, 0.3) is 0 Å². The van der Waals surface area contributed by atoms with E-state index in [9.17, 15) is 0 Å². The smallest absolute Gasteiger partial charge is 0.130 e. The van der Waals surface area contributed by atoms with Gasteiger partial charge in [-0.05, 0) is 64.3 Å². The van der Waals surface area contributed by atoms with Crippen molar-refractivity contribution in [3.8, 4) is 17.0 Å². The fourth-order valence-electron chi connectivity index (χ4n) is 4.77. The number of nitrogen functional groups attached to an aromatic ring is 1. The lowest BCUT2D eigenvalue weighted by Crippen LogP contribution is -2.37. The topological polar surface area (TPSA) is 92.9 Å². The van der Waals surface area contributed by atoms with Crippen LogP contribution in [0.25, 0.3) is 22.2 Å². The Morgan fingerprint density at radius 3 is 2.59 bits per heavy atom. The highest BCUT2D eigenvalue weighted by Gasteiger charge is 2.27. The molecule has 178 valence electrons. The van der Waals surface area contributed by atoms with Gasteiger partial charge in [0.15, 0.2) is 0 Å². The molecule has 1 atom stereocenters. The van der Waals surface area contributed by atoms with E-state index in [1.54, 1.807) is 12.5 Å². The molecule has 2 aromatic heterocycles. The molecule has 5 rings (SSSR count). The second-order valence-corrected chi connectivity index (χ2v) is 9.53. The van der Waals surface area contributed by atoms with Gasteiger partial charge in [-0.2, -0.15) is 0 Å². The zero-order valence-electron chi connectivity index (χ0n) is 20.1. The second kappa shape index (κ2) is 9.43. The van der Waals surface area contributed by atoms with Gasteiger partial charge in [0.1, 0.15) is 12.4 Å². The average Bonchev–Trinajstić information content (AvgIpc) is 3.38. The summed E-state index contributed by atoms with van der Waals surface area (Å²) in [5.41, 5.74) is 13.0. The Labute approximate surface area is 200 Å². The summed E-state index contributed by atoms with van der Waals surface area (Å²) in [5.74, 6) is 0.831. The van der Waals surface area contributed by atoms with E-state index in [2.05, 4.69) is 82.3 Å². The third-order valence-corrected chi connectivity index (χ3v) is 6.53. The molecule has 0 aliphatic heterocycles. The van der Waals surface area contributed by atoms with Crippen molar-refractivity contribution in [2.75, 3.05) is 11.1 Å². The molecule has 34 heavy (non-hydrogen) atoms. The molecule has 1 fully saturated rings. The third-order valence-electron chi connectivity index (χ3n) is 6.53. The number of anilines is 2. The van der Waals surface area contributed by atoms with Crippen LogP contribution in [0, 0.1) is 0 Å². The molecule has 2 heterocycles. The zero-order valence-corrected chi connectivity index (χ0v) is 20.1. The largest absolute Gasteiger partial charge is 0.487 e. The molecule has 1 aliphatic rings. The van der Waals surface area contributed by atoms with Crippen LogP contribution in [0.4, 0.5) is 11.4 Å². The molecule has 7 heteroatoms. The van der Waals surface area contributed by atoms with Crippen molar-refractivity contribution in [1.82, 2.24) is 19.9 Å². The fraction of sp³-hybridized carbons (Fsp3) is 0.370. The normalized spacial score (nSPS) is 14.9. The second-order valence-electron chi connectivity index (χ2n) is 9.53. The summed E-state index contributed by atoms with van der Waals surface area (Å²) >= 11 is 0. The summed E-state index contributed by atoms with van der Waals surface area (Å²) in [5, 5.41) is 8.07. The van der Waals surface area contributed by atoms with Crippen LogP contribution in [-0.4, -0.2) is 26.7 Å². The average molecular weight is 459 g/mol. The molecule has 0 spiro atoms. The minimum absolute atomic E-state index is 0.192. The number of nitrogens with zero attached hydrogens (tertiary/aromatic N) is 2. The highest BCUT2D eigenvalue weighted by molar-refractivity contribution is 6.01. The van der Waals surface area contributed by atoms with Gasteiger partial charge in [-0.1, -0.05) is 12.1 Å². The number of nitrogens with one attached hydrogen (secondary N) is 3. The van der Waals surface area contributed by atoms with Crippen molar-refractivity contribution in [2.24, 2.45) is 0 Å². The van der Waals surface area contributed by atoms with Crippen molar-refractivity contribution in [3.63, 3.8) is 0 Å². The van der Waals surface area contributed by atoms with Crippen molar-refractivity contribution in [3.05, 3.63) is 60.7 Å². The Bertz CT molecular complexity index is 1240. The maximum atomic E-state index is 6.76. The van der Waals surface area contributed by atoms with E-state index < -0.39 is 0 Å². The maximum Gasteiger partial charge on any atom is 0.130 e. The first kappa shape index (κ1) is 22.3. The van der Waals surface area contributed by atoms with Crippen LogP contribution in [0.15, 0.2) is 55.0 Å². The lowest BCUT2D eigenvalue weighted by Gasteiger charge is -2.30. The van der Waals surface area contributed by atoms with Crippen LogP contribution in [0.3, 0.4) is 0 Å². The van der Waals surface area contributed by atoms with Crippen molar-refractivity contribution in [2.45, 2.75) is 64.9 Å². The van der Waals surface area contributed by atoms with Crippen LogP contribution in [0.1, 0.15) is 51.8 Å². The summed E-state index contributed by atoms with van der Waals surface area (Å²) in [6, 6.07) is 15.7. The minimum atomic E-state index is 0.192. The minimum Gasteiger partial charge on any atom is -0.487 e. The SMILES string of the molecule is CC(C)NC(C)Nc1ccc(-c2c(N)c3ccc(OCc4cnc[nH]4)cc3n2C2CCC2)cc1. The van der Waals surface area contributed by atoms with Gasteiger partial charge in [0.05, 0.1) is 41.3 Å². The standard InChI is InChI=1S/C27H34N6O/c1-17(2)31-18(3)32-20-9-7-19(8-10-20)27-26(28)24-12-11-23(34-15-21-14-29-16-30-21)13-25(24)33(27)22-5-4-6-22/h7-14,16-18,22,31-32H,4-6,15,28H2,1-3H3,(H,29,30). The van der Waals surface area contributed by atoms with Crippen molar-refractivity contribution in [1.29, 1.82) is 0 Å². The molecule has 7 nitrogen and oxygen atoms in total. The number of hydrogen-bond acceptors (Lipinski definition) is 5. The summed E-state index contributed by atoms with van der Waals surface area (Å²) < 4.78 is 8.47. The van der Waals surface area contributed by atoms with E-state index in [0.29, 0.717) is 18.7 Å². The van der Waals surface area contributed by atoms with E-state index >= 15 is 0 Å². The summed E-state index contributed by atoms with van der Waals surface area (Å²) in [6.07, 6.45) is 7.24. The molecule has 1 aliphatic carbocycles. The van der Waals surface area contributed by atoms with Crippen LogP contribution < -0.4 is 21.1 Å². The predicted octanol–water partition coefficient (Wildman–Crippen LogP) is 5.67. The van der Waals surface area contributed by atoms with Crippen molar-refractivity contribution < 1.29 is 4.74 Å². The number of ether oxygens (including phenoxy) is 1. The van der Waals surface area contributed by atoms with Gasteiger partial charge >= 0.3 is 0 Å². The lowest BCUT2D eigenvalue weighted by atomic mass is 9.92. The summed E-state index contributed by atoms with van der Waals surface area (Å²) in [4.78, 5) is 7.14. The van der Waals surface area contributed by atoms with Crippen molar-refractivity contribution >= 4 is 22.3 Å².